The summed E-state index contributed by atoms with van der Waals surface area (Å²) in [6.45, 7) is 6.41. The van der Waals surface area contributed by atoms with Crippen molar-refractivity contribution in [3.05, 3.63) is 30.1 Å². The van der Waals surface area contributed by atoms with E-state index in [2.05, 4.69) is 22.5 Å². The van der Waals surface area contributed by atoms with Gasteiger partial charge in [-0.05, 0) is 31.9 Å². The van der Waals surface area contributed by atoms with Crippen LogP contribution in [0.5, 0.6) is 0 Å². The molecule has 17 heavy (non-hydrogen) atoms. The number of carbonyl (C=O) groups excluding carboxylic acids is 1. The third kappa shape index (κ3) is 4.95. The molecule has 0 aliphatic heterocycles. The lowest BCUT2D eigenvalue weighted by molar-refractivity contribution is -0.120. The highest BCUT2D eigenvalue weighted by Crippen LogP contribution is 2.08. The van der Waals surface area contributed by atoms with Crippen LogP contribution in [0.4, 0.5) is 0 Å². The van der Waals surface area contributed by atoms with Crippen molar-refractivity contribution in [2.75, 3.05) is 6.54 Å². The molecule has 0 spiro atoms. The number of carbonyl (C=O) groups is 1. The fourth-order valence-electron chi connectivity index (χ4n) is 1.42. The molecule has 94 valence electrons. The first kappa shape index (κ1) is 13.6. The molecule has 0 fully saturated rings. The van der Waals surface area contributed by atoms with E-state index in [1.54, 1.807) is 6.20 Å². The van der Waals surface area contributed by atoms with Gasteiger partial charge >= 0.3 is 0 Å². The van der Waals surface area contributed by atoms with Gasteiger partial charge in [0.05, 0.1) is 6.54 Å². The molecule has 0 saturated heterocycles. The first-order chi connectivity index (χ1) is 8.13. The van der Waals surface area contributed by atoms with Gasteiger partial charge in [0.15, 0.2) is 0 Å². The van der Waals surface area contributed by atoms with E-state index < -0.39 is 0 Å². The fourth-order valence-corrected chi connectivity index (χ4v) is 1.42. The van der Waals surface area contributed by atoms with E-state index in [0.29, 0.717) is 6.54 Å². The van der Waals surface area contributed by atoms with E-state index in [1.165, 1.54) is 0 Å². The van der Waals surface area contributed by atoms with Crippen molar-refractivity contribution in [1.29, 1.82) is 0 Å². The molecule has 1 unspecified atom stereocenters. The second-order valence-electron chi connectivity index (χ2n) is 4.27. The molecule has 1 rings (SSSR count). The summed E-state index contributed by atoms with van der Waals surface area (Å²) in [7, 11) is 0. The summed E-state index contributed by atoms with van der Waals surface area (Å²) in [5, 5.41) is 6.10. The standard InChI is InChI=1S/C13H21N3O/c1-4-10(2)16-13(17)9-15-11(3)12-6-5-7-14-8-12/h5-8,10-11,15H,4,9H2,1-3H3,(H,16,17)/t10?,11-/m0/s1. The topological polar surface area (TPSA) is 54.0 Å². The number of amides is 1. The average molecular weight is 235 g/mol. The first-order valence-corrected chi connectivity index (χ1v) is 6.06. The smallest absolute Gasteiger partial charge is 0.234 e. The summed E-state index contributed by atoms with van der Waals surface area (Å²) in [6, 6.07) is 4.26. The average Bonchev–Trinajstić information content (AvgIpc) is 2.36. The van der Waals surface area contributed by atoms with Crippen molar-refractivity contribution in [1.82, 2.24) is 15.6 Å². The Morgan fingerprint density at radius 1 is 1.47 bits per heavy atom. The van der Waals surface area contributed by atoms with Crippen LogP contribution in [0.1, 0.15) is 38.8 Å². The molecular weight excluding hydrogens is 214 g/mol. The molecule has 4 heteroatoms. The van der Waals surface area contributed by atoms with Gasteiger partial charge < -0.3 is 10.6 Å². The number of rotatable bonds is 6. The van der Waals surface area contributed by atoms with E-state index in [4.69, 9.17) is 0 Å². The minimum Gasteiger partial charge on any atom is -0.353 e. The van der Waals surface area contributed by atoms with Crippen LogP contribution in [0.25, 0.3) is 0 Å². The lowest BCUT2D eigenvalue weighted by atomic mass is 10.1. The molecule has 0 bridgehead atoms. The van der Waals surface area contributed by atoms with E-state index in [0.717, 1.165) is 12.0 Å². The molecule has 1 heterocycles. The van der Waals surface area contributed by atoms with Crippen LogP contribution < -0.4 is 10.6 Å². The minimum absolute atomic E-state index is 0.0371. The van der Waals surface area contributed by atoms with Gasteiger partial charge in [-0.3, -0.25) is 9.78 Å². The number of nitrogens with zero attached hydrogens (tertiary/aromatic N) is 1. The molecule has 2 atom stereocenters. The van der Waals surface area contributed by atoms with Crippen molar-refractivity contribution in [3.63, 3.8) is 0 Å². The molecule has 0 aliphatic carbocycles. The van der Waals surface area contributed by atoms with Gasteiger partial charge in [-0.15, -0.1) is 0 Å². The van der Waals surface area contributed by atoms with Crippen LogP contribution in [0, 0.1) is 0 Å². The fraction of sp³-hybridized carbons (Fsp3) is 0.538. The highest BCUT2D eigenvalue weighted by atomic mass is 16.1. The van der Waals surface area contributed by atoms with E-state index >= 15 is 0 Å². The maximum Gasteiger partial charge on any atom is 0.234 e. The summed E-state index contributed by atoms with van der Waals surface area (Å²) in [5.74, 6) is 0.0371. The summed E-state index contributed by atoms with van der Waals surface area (Å²) >= 11 is 0. The zero-order valence-corrected chi connectivity index (χ0v) is 10.7. The van der Waals surface area contributed by atoms with Gasteiger partial charge in [-0.1, -0.05) is 13.0 Å². The quantitative estimate of drug-likeness (QED) is 0.788. The molecule has 0 saturated carbocycles. The monoisotopic (exact) mass is 235 g/mol. The van der Waals surface area contributed by atoms with Crippen LogP contribution >= 0.6 is 0 Å². The lowest BCUT2D eigenvalue weighted by Crippen LogP contribution is -2.39. The van der Waals surface area contributed by atoms with Crippen molar-refractivity contribution < 1.29 is 4.79 Å². The highest BCUT2D eigenvalue weighted by molar-refractivity contribution is 5.78. The van der Waals surface area contributed by atoms with Gasteiger partial charge in [0.1, 0.15) is 0 Å². The Bertz CT molecular complexity index is 340. The van der Waals surface area contributed by atoms with Gasteiger partial charge in [-0.2, -0.15) is 0 Å². The molecule has 4 nitrogen and oxygen atoms in total. The van der Waals surface area contributed by atoms with Crippen LogP contribution in [0.3, 0.4) is 0 Å². The molecule has 1 aromatic rings. The molecule has 1 aromatic heterocycles. The normalized spacial score (nSPS) is 14.1. The zero-order valence-electron chi connectivity index (χ0n) is 10.7. The number of aromatic nitrogens is 1. The van der Waals surface area contributed by atoms with Gasteiger partial charge in [-0.25, -0.2) is 0 Å². The second kappa shape index (κ2) is 7.01. The maximum absolute atomic E-state index is 11.6. The van der Waals surface area contributed by atoms with Crippen LogP contribution in [0.15, 0.2) is 24.5 Å². The molecule has 0 aliphatic rings. The van der Waals surface area contributed by atoms with Crippen molar-refractivity contribution >= 4 is 5.91 Å². The van der Waals surface area contributed by atoms with Crippen LogP contribution in [-0.2, 0) is 4.79 Å². The Morgan fingerprint density at radius 3 is 2.82 bits per heavy atom. The summed E-state index contributed by atoms with van der Waals surface area (Å²) in [6.07, 6.45) is 4.50. The Balaban J connectivity index is 2.33. The van der Waals surface area contributed by atoms with Gasteiger partial charge in [0, 0.05) is 24.5 Å². The number of pyridine rings is 1. The van der Waals surface area contributed by atoms with Gasteiger partial charge in [0.2, 0.25) is 5.91 Å². The van der Waals surface area contributed by atoms with Crippen molar-refractivity contribution in [2.24, 2.45) is 0 Å². The molecule has 0 radical (unpaired) electrons. The molecular formula is C13H21N3O. The zero-order chi connectivity index (χ0) is 12.7. The number of nitrogens with one attached hydrogen (secondary N) is 2. The predicted octanol–water partition coefficient (Wildman–Crippen LogP) is 1.65. The minimum atomic E-state index is 0.0371. The molecule has 2 N–H and O–H groups in total. The van der Waals surface area contributed by atoms with Crippen molar-refractivity contribution in [3.8, 4) is 0 Å². The predicted molar refractivity (Wildman–Crippen MR) is 68.6 cm³/mol. The highest BCUT2D eigenvalue weighted by Gasteiger charge is 2.08. The maximum atomic E-state index is 11.6. The Morgan fingerprint density at radius 2 is 2.24 bits per heavy atom. The third-order valence-electron chi connectivity index (χ3n) is 2.77. The summed E-state index contributed by atoms with van der Waals surface area (Å²) in [4.78, 5) is 15.6. The first-order valence-electron chi connectivity index (χ1n) is 6.06. The molecule has 0 aromatic carbocycles. The Labute approximate surface area is 103 Å². The van der Waals surface area contributed by atoms with Crippen LogP contribution in [0.2, 0.25) is 0 Å². The van der Waals surface area contributed by atoms with Gasteiger partial charge in [0.25, 0.3) is 0 Å². The van der Waals surface area contributed by atoms with Crippen LogP contribution in [-0.4, -0.2) is 23.5 Å². The number of hydrogen-bond acceptors (Lipinski definition) is 3. The second-order valence-corrected chi connectivity index (χ2v) is 4.27. The Kier molecular flexibility index (Phi) is 5.63. The summed E-state index contributed by atoms with van der Waals surface area (Å²) < 4.78 is 0. The third-order valence-corrected chi connectivity index (χ3v) is 2.77. The van der Waals surface area contributed by atoms with E-state index in [-0.39, 0.29) is 18.0 Å². The van der Waals surface area contributed by atoms with E-state index in [9.17, 15) is 4.79 Å². The van der Waals surface area contributed by atoms with Crippen molar-refractivity contribution in [2.45, 2.75) is 39.3 Å². The number of hydrogen-bond donors (Lipinski definition) is 2. The Hall–Kier alpha value is -1.42. The SMILES string of the molecule is CCC(C)NC(=O)CN[C@@H](C)c1cccnc1. The molecule has 1 amide bonds. The van der Waals surface area contributed by atoms with E-state index in [1.807, 2.05) is 32.2 Å². The largest absolute Gasteiger partial charge is 0.353 e. The summed E-state index contributed by atoms with van der Waals surface area (Å²) in [5.41, 5.74) is 1.09. The lowest BCUT2D eigenvalue weighted by Gasteiger charge is -2.15.